The van der Waals surface area contributed by atoms with Crippen LogP contribution in [-0.2, 0) is 11.2 Å². The lowest BCUT2D eigenvalue weighted by atomic mass is 9.90. The molecule has 2 aliphatic rings. The average molecular weight is 256 g/mol. The predicted molar refractivity (Wildman–Crippen MR) is 75.7 cm³/mol. The number of nitrogens with zero attached hydrogens (tertiary/aromatic N) is 1. The zero-order valence-corrected chi connectivity index (χ0v) is 11.1. The van der Waals surface area contributed by atoms with Gasteiger partial charge in [-0.1, -0.05) is 36.8 Å². The summed E-state index contributed by atoms with van der Waals surface area (Å²) < 4.78 is 0. The topological polar surface area (TPSA) is 41.5 Å². The molecule has 0 saturated heterocycles. The molecule has 1 N–H and O–H groups in total. The normalized spacial score (nSPS) is 28.9. The fraction of sp³-hybridized carbons (Fsp3) is 0.500. The molecular formula is C16H20N2O. The van der Waals surface area contributed by atoms with E-state index in [0.29, 0.717) is 12.3 Å². The zero-order valence-electron chi connectivity index (χ0n) is 11.1. The van der Waals surface area contributed by atoms with Crippen LogP contribution in [0.5, 0.6) is 0 Å². The molecule has 1 amide bonds. The maximum absolute atomic E-state index is 11.7. The first-order chi connectivity index (χ1) is 9.31. The molecule has 1 aromatic rings. The number of nitrogens with one attached hydrogen (secondary N) is 1. The minimum atomic E-state index is -0.0365. The Balaban J connectivity index is 1.46. The Kier molecular flexibility index (Phi) is 3.62. The molecule has 0 unspecified atom stereocenters. The number of carbonyl (C=O) groups excluding carboxylic acids is 1. The van der Waals surface area contributed by atoms with E-state index in [1.54, 1.807) is 0 Å². The lowest BCUT2D eigenvalue weighted by Crippen LogP contribution is -2.21. The van der Waals surface area contributed by atoms with Crippen LogP contribution in [0.2, 0.25) is 0 Å². The minimum Gasteiger partial charge on any atom is -0.273 e. The fourth-order valence-electron chi connectivity index (χ4n) is 3.50. The van der Waals surface area contributed by atoms with E-state index in [1.807, 2.05) is 36.5 Å². The summed E-state index contributed by atoms with van der Waals surface area (Å²) in [5, 5.41) is 4.14. The summed E-state index contributed by atoms with van der Waals surface area (Å²) in [5.74, 6) is 2.29. The van der Waals surface area contributed by atoms with E-state index in [0.717, 1.165) is 17.4 Å². The first kappa shape index (κ1) is 12.4. The second-order valence-corrected chi connectivity index (χ2v) is 5.81. The smallest absolute Gasteiger partial charge is 0.244 e. The molecule has 2 aliphatic carbocycles. The largest absolute Gasteiger partial charge is 0.273 e. The van der Waals surface area contributed by atoms with Gasteiger partial charge in [-0.25, -0.2) is 5.43 Å². The molecule has 0 heterocycles. The molecule has 0 radical (unpaired) electrons. The van der Waals surface area contributed by atoms with Crippen molar-refractivity contribution >= 4 is 12.1 Å². The van der Waals surface area contributed by atoms with Crippen LogP contribution in [0.3, 0.4) is 0 Å². The molecule has 3 nitrogen and oxygen atoms in total. The van der Waals surface area contributed by atoms with Crippen molar-refractivity contribution in [2.75, 3.05) is 0 Å². The SMILES string of the molecule is O=C(Cc1ccccc1)NN=C[C@H]1C[C@@H]2CC[C@@H]1C2. The van der Waals surface area contributed by atoms with E-state index in [-0.39, 0.29) is 5.91 Å². The van der Waals surface area contributed by atoms with Gasteiger partial charge in [-0.3, -0.25) is 4.79 Å². The first-order valence-corrected chi connectivity index (χ1v) is 7.17. The molecule has 3 heteroatoms. The van der Waals surface area contributed by atoms with Crippen LogP contribution >= 0.6 is 0 Å². The number of benzene rings is 1. The monoisotopic (exact) mass is 256 g/mol. The number of amides is 1. The van der Waals surface area contributed by atoms with E-state index in [1.165, 1.54) is 25.7 Å². The van der Waals surface area contributed by atoms with Gasteiger partial charge in [0.15, 0.2) is 0 Å². The van der Waals surface area contributed by atoms with Crippen LogP contribution in [0.15, 0.2) is 35.4 Å². The number of rotatable bonds is 4. The second kappa shape index (κ2) is 5.55. The predicted octanol–water partition coefficient (Wildman–Crippen LogP) is 2.77. The Hall–Kier alpha value is -1.64. The summed E-state index contributed by atoms with van der Waals surface area (Å²) in [4.78, 5) is 11.7. The van der Waals surface area contributed by atoms with E-state index >= 15 is 0 Å². The Labute approximate surface area is 114 Å². The second-order valence-electron chi connectivity index (χ2n) is 5.81. The van der Waals surface area contributed by atoms with Crippen molar-refractivity contribution in [3.8, 4) is 0 Å². The van der Waals surface area contributed by atoms with Crippen molar-refractivity contribution in [1.29, 1.82) is 0 Å². The Bertz CT molecular complexity index is 469. The average Bonchev–Trinajstić information content (AvgIpc) is 3.02. The van der Waals surface area contributed by atoms with Crippen molar-refractivity contribution in [1.82, 2.24) is 5.43 Å². The first-order valence-electron chi connectivity index (χ1n) is 7.17. The highest BCUT2D eigenvalue weighted by Crippen LogP contribution is 2.47. The van der Waals surface area contributed by atoms with Gasteiger partial charge in [0.25, 0.3) is 0 Å². The van der Waals surface area contributed by atoms with Gasteiger partial charge in [-0.15, -0.1) is 0 Å². The summed E-state index contributed by atoms with van der Waals surface area (Å²) in [6.07, 6.45) is 7.74. The molecule has 100 valence electrons. The van der Waals surface area contributed by atoms with Crippen molar-refractivity contribution in [2.24, 2.45) is 22.9 Å². The third kappa shape index (κ3) is 3.03. The maximum Gasteiger partial charge on any atom is 0.244 e. The minimum absolute atomic E-state index is 0.0365. The van der Waals surface area contributed by atoms with E-state index in [2.05, 4.69) is 10.5 Å². The summed E-state index contributed by atoms with van der Waals surface area (Å²) in [5.41, 5.74) is 3.67. The number of carbonyl (C=O) groups is 1. The highest BCUT2D eigenvalue weighted by Gasteiger charge is 2.38. The van der Waals surface area contributed by atoms with Crippen molar-refractivity contribution < 1.29 is 4.79 Å². The van der Waals surface area contributed by atoms with Gasteiger partial charge in [0.2, 0.25) is 5.91 Å². The standard InChI is InChI=1S/C16H20N2O/c19-16(10-12-4-2-1-3-5-12)18-17-11-15-9-13-6-7-14(15)8-13/h1-5,11,13-15H,6-10H2,(H,18,19)/t13-,14-,15-/m1/s1. The molecule has 2 bridgehead atoms. The molecule has 0 aliphatic heterocycles. The third-order valence-corrected chi connectivity index (χ3v) is 4.46. The van der Waals surface area contributed by atoms with Gasteiger partial charge in [0.05, 0.1) is 6.42 Å². The van der Waals surface area contributed by atoms with Crippen LogP contribution in [0, 0.1) is 17.8 Å². The number of hydrogen-bond donors (Lipinski definition) is 1. The molecule has 3 rings (SSSR count). The molecule has 19 heavy (non-hydrogen) atoms. The fourth-order valence-corrected chi connectivity index (χ4v) is 3.50. The number of hydrazone groups is 1. The third-order valence-electron chi connectivity index (χ3n) is 4.46. The van der Waals surface area contributed by atoms with Gasteiger partial charge < -0.3 is 0 Å². The zero-order chi connectivity index (χ0) is 13.1. The van der Waals surface area contributed by atoms with Crippen LogP contribution in [-0.4, -0.2) is 12.1 Å². The molecule has 2 saturated carbocycles. The highest BCUT2D eigenvalue weighted by atomic mass is 16.2. The van der Waals surface area contributed by atoms with E-state index in [9.17, 15) is 4.79 Å². The number of fused-ring (bicyclic) bond motifs is 2. The lowest BCUT2D eigenvalue weighted by molar-refractivity contribution is -0.120. The quantitative estimate of drug-likeness (QED) is 0.653. The van der Waals surface area contributed by atoms with Crippen LogP contribution < -0.4 is 5.43 Å². The molecule has 0 aromatic heterocycles. The maximum atomic E-state index is 11.7. The van der Waals surface area contributed by atoms with Crippen LogP contribution in [0.1, 0.15) is 31.2 Å². The Morgan fingerprint density at radius 1 is 1.26 bits per heavy atom. The Morgan fingerprint density at radius 2 is 2.11 bits per heavy atom. The molecule has 1 aromatic carbocycles. The summed E-state index contributed by atoms with van der Waals surface area (Å²) in [6.45, 7) is 0. The van der Waals surface area contributed by atoms with Crippen LogP contribution in [0.25, 0.3) is 0 Å². The summed E-state index contributed by atoms with van der Waals surface area (Å²) in [7, 11) is 0. The Morgan fingerprint density at radius 3 is 2.79 bits per heavy atom. The van der Waals surface area contributed by atoms with Gasteiger partial charge in [0, 0.05) is 6.21 Å². The van der Waals surface area contributed by atoms with E-state index in [4.69, 9.17) is 0 Å². The highest BCUT2D eigenvalue weighted by molar-refractivity contribution is 5.79. The van der Waals surface area contributed by atoms with Crippen molar-refractivity contribution in [2.45, 2.75) is 32.1 Å². The van der Waals surface area contributed by atoms with E-state index < -0.39 is 0 Å². The number of hydrogen-bond acceptors (Lipinski definition) is 2. The van der Waals surface area contributed by atoms with Gasteiger partial charge in [0.1, 0.15) is 0 Å². The molecule has 0 spiro atoms. The molecule has 3 atom stereocenters. The van der Waals surface area contributed by atoms with Gasteiger partial charge in [-0.05, 0) is 42.6 Å². The van der Waals surface area contributed by atoms with Crippen LogP contribution in [0.4, 0.5) is 0 Å². The van der Waals surface area contributed by atoms with Crippen molar-refractivity contribution in [3.63, 3.8) is 0 Å². The molecular weight excluding hydrogens is 236 g/mol. The van der Waals surface area contributed by atoms with Gasteiger partial charge >= 0.3 is 0 Å². The lowest BCUT2D eigenvalue weighted by Gasteiger charge is -2.16. The van der Waals surface area contributed by atoms with Crippen molar-refractivity contribution in [3.05, 3.63) is 35.9 Å². The summed E-state index contributed by atoms with van der Waals surface area (Å²) >= 11 is 0. The van der Waals surface area contributed by atoms with Gasteiger partial charge in [-0.2, -0.15) is 5.10 Å². The summed E-state index contributed by atoms with van der Waals surface area (Å²) in [6, 6.07) is 9.76. The molecule has 2 fully saturated rings.